The number of piperidine rings is 1. The van der Waals surface area contributed by atoms with Crippen LogP contribution >= 0.6 is 0 Å². The molecular weight excluding hydrogens is 406 g/mol. The zero-order chi connectivity index (χ0) is 21.9. The minimum Gasteiger partial charge on any atom is -0.355 e. The van der Waals surface area contributed by atoms with E-state index in [1.54, 1.807) is 10.9 Å². The molecule has 0 aliphatic carbocycles. The van der Waals surface area contributed by atoms with Crippen LogP contribution in [0.2, 0.25) is 0 Å². The van der Waals surface area contributed by atoms with Crippen molar-refractivity contribution < 1.29 is 4.79 Å². The fraction of sp³-hybridized carbons (Fsp3) is 0.318. The third kappa shape index (κ3) is 4.25. The number of benzene rings is 1. The van der Waals surface area contributed by atoms with Crippen molar-refractivity contribution in [2.45, 2.75) is 19.4 Å². The number of carbonyl (C=O) groups excluding carboxylic acids is 1. The Morgan fingerprint density at radius 2 is 1.97 bits per heavy atom. The lowest BCUT2D eigenvalue weighted by molar-refractivity contribution is -0.125. The highest BCUT2D eigenvalue weighted by molar-refractivity contribution is 5.79. The lowest BCUT2D eigenvalue weighted by Gasteiger charge is -2.31. The number of amides is 1. The van der Waals surface area contributed by atoms with Crippen LogP contribution in [0.3, 0.4) is 0 Å². The number of aromatic nitrogens is 6. The van der Waals surface area contributed by atoms with E-state index in [0.717, 1.165) is 54.4 Å². The Morgan fingerprint density at radius 1 is 1.12 bits per heavy atom. The van der Waals surface area contributed by atoms with Gasteiger partial charge in [-0.3, -0.25) is 9.48 Å². The number of rotatable bonds is 6. The van der Waals surface area contributed by atoms with Crippen molar-refractivity contribution in [3.05, 3.63) is 54.5 Å². The summed E-state index contributed by atoms with van der Waals surface area (Å²) in [6.45, 7) is 1.95. The second-order valence-corrected chi connectivity index (χ2v) is 7.92. The van der Waals surface area contributed by atoms with Gasteiger partial charge >= 0.3 is 0 Å². The summed E-state index contributed by atoms with van der Waals surface area (Å²) in [4.78, 5) is 22.6. The Kier molecular flexibility index (Phi) is 5.40. The number of hydrogen-bond donors (Lipinski definition) is 3. The first kappa shape index (κ1) is 20.0. The molecule has 0 radical (unpaired) electrons. The van der Waals surface area contributed by atoms with Crippen molar-refractivity contribution in [3.63, 3.8) is 0 Å². The summed E-state index contributed by atoms with van der Waals surface area (Å²) in [5, 5.41) is 19.0. The van der Waals surface area contributed by atoms with Gasteiger partial charge in [-0.15, -0.1) is 10.2 Å². The Morgan fingerprint density at radius 3 is 2.69 bits per heavy atom. The molecule has 0 spiro atoms. The Hall–Kier alpha value is -3.95. The van der Waals surface area contributed by atoms with E-state index in [2.05, 4.69) is 40.8 Å². The molecule has 4 aromatic rings. The standard InChI is InChI=1S/C22H25N9O/c1-30-20(8-11-24-30)27-18-6-7-21(29-28-18)31-12-9-15(10-13-31)22(32)23-14-19-25-16-4-2-3-5-17(16)26-19/h2-8,11,15H,9-10,12-14H2,1H3,(H,23,32)(H,25,26)(H,27,28). The molecule has 5 rings (SSSR count). The first-order valence-corrected chi connectivity index (χ1v) is 10.7. The van der Waals surface area contributed by atoms with Crippen LogP contribution in [-0.2, 0) is 18.4 Å². The molecule has 3 aromatic heterocycles. The first-order valence-electron chi connectivity index (χ1n) is 10.7. The average molecular weight is 432 g/mol. The molecule has 3 N–H and O–H groups in total. The highest BCUT2D eigenvalue weighted by Crippen LogP contribution is 2.23. The van der Waals surface area contributed by atoms with Gasteiger partial charge in [0.2, 0.25) is 5.91 Å². The van der Waals surface area contributed by atoms with E-state index in [0.29, 0.717) is 12.4 Å². The normalized spacial score (nSPS) is 14.6. The molecule has 10 heteroatoms. The van der Waals surface area contributed by atoms with Gasteiger partial charge in [-0.2, -0.15) is 5.10 Å². The van der Waals surface area contributed by atoms with Crippen LogP contribution in [0.25, 0.3) is 11.0 Å². The third-order valence-corrected chi connectivity index (χ3v) is 5.79. The van der Waals surface area contributed by atoms with E-state index < -0.39 is 0 Å². The van der Waals surface area contributed by atoms with Crippen LogP contribution in [0, 0.1) is 5.92 Å². The molecule has 4 heterocycles. The Balaban J connectivity index is 1.11. The van der Waals surface area contributed by atoms with Gasteiger partial charge in [-0.1, -0.05) is 12.1 Å². The Labute approximate surface area is 185 Å². The molecule has 32 heavy (non-hydrogen) atoms. The van der Waals surface area contributed by atoms with E-state index in [1.165, 1.54) is 0 Å². The van der Waals surface area contributed by atoms with Gasteiger partial charge in [-0.05, 0) is 37.1 Å². The number of nitrogens with zero attached hydrogens (tertiary/aromatic N) is 6. The fourth-order valence-corrected chi connectivity index (χ4v) is 3.96. The smallest absolute Gasteiger partial charge is 0.223 e. The molecule has 164 valence electrons. The molecule has 1 fully saturated rings. The van der Waals surface area contributed by atoms with Crippen LogP contribution in [-0.4, -0.2) is 48.9 Å². The van der Waals surface area contributed by atoms with E-state index in [1.807, 2.05) is 49.5 Å². The number of carbonyl (C=O) groups is 1. The maximum Gasteiger partial charge on any atom is 0.223 e. The number of aromatic amines is 1. The summed E-state index contributed by atoms with van der Waals surface area (Å²) < 4.78 is 1.74. The monoisotopic (exact) mass is 431 g/mol. The SMILES string of the molecule is Cn1nccc1Nc1ccc(N2CCC(C(=O)NCc3nc4ccccc4[nH]3)CC2)nn1. The largest absolute Gasteiger partial charge is 0.355 e. The van der Waals surface area contributed by atoms with Crippen molar-refractivity contribution in [2.75, 3.05) is 23.3 Å². The van der Waals surface area contributed by atoms with Crippen LogP contribution in [0.5, 0.6) is 0 Å². The van der Waals surface area contributed by atoms with Gasteiger partial charge in [0, 0.05) is 32.1 Å². The minimum atomic E-state index is -0.00521. The molecule has 1 saturated heterocycles. The van der Waals surface area contributed by atoms with Crippen LogP contribution in [0.4, 0.5) is 17.5 Å². The lowest BCUT2D eigenvalue weighted by atomic mass is 9.96. The molecule has 1 aliphatic rings. The number of imidazole rings is 1. The van der Waals surface area contributed by atoms with Gasteiger partial charge in [0.15, 0.2) is 11.6 Å². The number of H-pyrrole nitrogens is 1. The summed E-state index contributed by atoms with van der Waals surface area (Å²) >= 11 is 0. The number of para-hydroxylation sites is 2. The number of hydrogen-bond acceptors (Lipinski definition) is 7. The predicted molar refractivity (Wildman–Crippen MR) is 121 cm³/mol. The van der Waals surface area contributed by atoms with Crippen LogP contribution in [0.15, 0.2) is 48.7 Å². The third-order valence-electron chi connectivity index (χ3n) is 5.79. The van der Waals surface area contributed by atoms with Crippen molar-refractivity contribution in [3.8, 4) is 0 Å². The fourth-order valence-electron chi connectivity index (χ4n) is 3.96. The van der Waals surface area contributed by atoms with E-state index in [4.69, 9.17) is 0 Å². The maximum absolute atomic E-state index is 12.6. The van der Waals surface area contributed by atoms with E-state index in [-0.39, 0.29) is 11.8 Å². The highest BCUT2D eigenvalue weighted by Gasteiger charge is 2.25. The maximum atomic E-state index is 12.6. The number of nitrogens with one attached hydrogen (secondary N) is 3. The molecule has 0 bridgehead atoms. The average Bonchev–Trinajstić information content (AvgIpc) is 3.43. The molecule has 0 unspecified atom stereocenters. The zero-order valence-corrected chi connectivity index (χ0v) is 17.8. The van der Waals surface area contributed by atoms with Gasteiger partial charge in [0.05, 0.1) is 23.8 Å². The molecule has 10 nitrogen and oxygen atoms in total. The first-order chi connectivity index (χ1) is 15.7. The quantitative estimate of drug-likeness (QED) is 0.429. The van der Waals surface area contributed by atoms with E-state index in [9.17, 15) is 4.79 Å². The molecule has 0 atom stereocenters. The molecule has 1 aromatic carbocycles. The number of aryl methyl sites for hydroxylation is 1. The van der Waals surface area contributed by atoms with Crippen molar-refractivity contribution in [1.29, 1.82) is 0 Å². The van der Waals surface area contributed by atoms with Crippen molar-refractivity contribution in [2.24, 2.45) is 13.0 Å². The molecule has 1 amide bonds. The number of anilines is 3. The second kappa shape index (κ2) is 8.66. The summed E-state index contributed by atoms with van der Waals surface area (Å²) in [5.41, 5.74) is 1.89. The highest BCUT2D eigenvalue weighted by atomic mass is 16.1. The summed E-state index contributed by atoms with van der Waals surface area (Å²) in [6, 6.07) is 13.6. The second-order valence-electron chi connectivity index (χ2n) is 7.92. The summed E-state index contributed by atoms with van der Waals surface area (Å²) in [5.74, 6) is 3.17. The van der Waals surface area contributed by atoms with Gasteiger partial charge < -0.3 is 20.5 Å². The van der Waals surface area contributed by atoms with Crippen LogP contribution < -0.4 is 15.5 Å². The van der Waals surface area contributed by atoms with E-state index >= 15 is 0 Å². The minimum absolute atomic E-state index is 0.00521. The molecule has 0 saturated carbocycles. The summed E-state index contributed by atoms with van der Waals surface area (Å²) in [6.07, 6.45) is 3.28. The van der Waals surface area contributed by atoms with Gasteiger partial charge in [0.1, 0.15) is 11.6 Å². The summed E-state index contributed by atoms with van der Waals surface area (Å²) in [7, 11) is 1.86. The van der Waals surface area contributed by atoms with Crippen LogP contribution in [0.1, 0.15) is 18.7 Å². The van der Waals surface area contributed by atoms with Crippen molar-refractivity contribution >= 4 is 34.4 Å². The lowest BCUT2D eigenvalue weighted by Crippen LogP contribution is -2.40. The topological polar surface area (TPSA) is 117 Å². The molecule has 1 aliphatic heterocycles. The molecular formula is C22H25N9O. The number of fused-ring (bicyclic) bond motifs is 1. The Bertz CT molecular complexity index is 1170. The zero-order valence-electron chi connectivity index (χ0n) is 17.8. The van der Waals surface area contributed by atoms with Gasteiger partial charge in [-0.25, -0.2) is 4.98 Å². The van der Waals surface area contributed by atoms with Gasteiger partial charge in [0.25, 0.3) is 0 Å². The predicted octanol–water partition coefficient (Wildman–Crippen LogP) is 2.36. The van der Waals surface area contributed by atoms with Crippen molar-refractivity contribution in [1.82, 2.24) is 35.3 Å².